The summed E-state index contributed by atoms with van der Waals surface area (Å²) in [5.41, 5.74) is 3.92. The summed E-state index contributed by atoms with van der Waals surface area (Å²) in [5, 5.41) is 0. The summed E-state index contributed by atoms with van der Waals surface area (Å²) in [6.45, 7) is 10.4. The zero-order valence-electron chi connectivity index (χ0n) is 13.7. The van der Waals surface area contributed by atoms with E-state index >= 15 is 0 Å². The number of piperidine rings is 1. The maximum absolute atomic E-state index is 12.0. The van der Waals surface area contributed by atoms with Crippen LogP contribution in [0.4, 0.5) is 11.4 Å². The zero-order valence-corrected chi connectivity index (χ0v) is 13.7. The molecule has 1 fully saturated rings. The van der Waals surface area contributed by atoms with Crippen molar-refractivity contribution in [3.63, 3.8) is 0 Å². The minimum Gasteiger partial charge on any atom is -0.364 e. The maximum atomic E-state index is 12.0. The number of rotatable bonds is 1. The minimum atomic E-state index is 0.159. The molecule has 0 aromatic heterocycles. The summed E-state index contributed by atoms with van der Waals surface area (Å²) >= 11 is 0. The van der Waals surface area contributed by atoms with Crippen LogP contribution in [0.1, 0.15) is 38.7 Å². The van der Waals surface area contributed by atoms with Crippen molar-refractivity contribution in [2.24, 2.45) is 0 Å². The Bertz CT molecular complexity index is 612. The highest BCUT2D eigenvalue weighted by Crippen LogP contribution is 2.50. The minimum absolute atomic E-state index is 0.159. The Hall–Kier alpha value is -1.55. The number of likely N-dealkylation sites (tertiary alicyclic amines) is 1. The van der Waals surface area contributed by atoms with E-state index in [0.717, 1.165) is 25.3 Å². The fourth-order valence-corrected chi connectivity index (χ4v) is 4.59. The lowest BCUT2D eigenvalue weighted by atomic mass is 9.88. The van der Waals surface area contributed by atoms with E-state index < -0.39 is 0 Å². The second kappa shape index (κ2) is 4.98. The van der Waals surface area contributed by atoms with Gasteiger partial charge in [-0.2, -0.15) is 0 Å². The van der Waals surface area contributed by atoms with E-state index in [1.54, 1.807) is 6.92 Å². The quantitative estimate of drug-likeness (QED) is 0.797. The van der Waals surface area contributed by atoms with Crippen LogP contribution in [-0.4, -0.2) is 49.1 Å². The molecule has 2 atom stereocenters. The Morgan fingerprint density at radius 3 is 2.77 bits per heavy atom. The van der Waals surface area contributed by atoms with Crippen LogP contribution < -0.4 is 9.80 Å². The van der Waals surface area contributed by atoms with Crippen molar-refractivity contribution in [1.82, 2.24) is 4.90 Å². The Balaban J connectivity index is 1.76. The number of anilines is 2. The van der Waals surface area contributed by atoms with Crippen LogP contribution in [0.3, 0.4) is 0 Å². The van der Waals surface area contributed by atoms with Crippen LogP contribution in [-0.2, 0) is 4.79 Å². The van der Waals surface area contributed by atoms with Crippen LogP contribution in [0, 0.1) is 0 Å². The fraction of sp³-hybridized carbons (Fsp3) is 0.611. The molecule has 1 aromatic carbocycles. The van der Waals surface area contributed by atoms with E-state index in [-0.39, 0.29) is 5.91 Å². The van der Waals surface area contributed by atoms with Gasteiger partial charge < -0.3 is 14.7 Å². The van der Waals surface area contributed by atoms with E-state index in [1.807, 2.05) is 4.90 Å². The molecule has 22 heavy (non-hydrogen) atoms. The van der Waals surface area contributed by atoms with E-state index in [2.05, 4.69) is 41.8 Å². The van der Waals surface area contributed by atoms with Crippen molar-refractivity contribution in [3.05, 3.63) is 23.8 Å². The van der Waals surface area contributed by atoms with Gasteiger partial charge in [-0.25, -0.2) is 0 Å². The van der Waals surface area contributed by atoms with Crippen molar-refractivity contribution >= 4 is 17.3 Å². The summed E-state index contributed by atoms with van der Waals surface area (Å²) in [6, 6.07) is 7.76. The Kier molecular flexibility index (Phi) is 3.19. The van der Waals surface area contributed by atoms with E-state index in [9.17, 15) is 4.79 Å². The number of carbonyl (C=O) groups is 1. The number of carbonyl (C=O) groups excluding carboxylic acids is 1. The van der Waals surface area contributed by atoms with E-state index in [4.69, 9.17) is 0 Å². The monoisotopic (exact) mass is 299 g/mol. The van der Waals surface area contributed by atoms with Crippen LogP contribution in [0.5, 0.6) is 0 Å². The van der Waals surface area contributed by atoms with Gasteiger partial charge in [-0.15, -0.1) is 0 Å². The number of hydrogen-bond acceptors (Lipinski definition) is 3. The van der Waals surface area contributed by atoms with Gasteiger partial charge in [0.2, 0.25) is 5.91 Å². The van der Waals surface area contributed by atoms with Gasteiger partial charge in [-0.1, -0.05) is 12.1 Å². The second-order valence-electron chi connectivity index (χ2n) is 7.13. The van der Waals surface area contributed by atoms with Gasteiger partial charge in [0.15, 0.2) is 0 Å². The number of hydrogen-bond donors (Lipinski definition) is 0. The molecule has 4 rings (SSSR count). The number of fused-ring (bicyclic) bond motifs is 3. The average molecular weight is 299 g/mol. The predicted octanol–water partition coefficient (Wildman–Crippen LogP) is 2.44. The molecular weight excluding hydrogens is 274 g/mol. The molecule has 3 aliphatic heterocycles. The molecule has 1 saturated heterocycles. The topological polar surface area (TPSA) is 26.8 Å². The molecule has 118 valence electrons. The van der Waals surface area contributed by atoms with Crippen LogP contribution in [0.15, 0.2) is 18.2 Å². The third-order valence-corrected chi connectivity index (χ3v) is 5.71. The van der Waals surface area contributed by atoms with Gasteiger partial charge >= 0.3 is 0 Å². The lowest BCUT2D eigenvalue weighted by Crippen LogP contribution is -2.51. The molecule has 1 aromatic rings. The van der Waals surface area contributed by atoms with Gasteiger partial charge in [0.1, 0.15) is 0 Å². The van der Waals surface area contributed by atoms with Gasteiger partial charge in [0.25, 0.3) is 0 Å². The molecule has 1 amide bonds. The van der Waals surface area contributed by atoms with E-state index in [0.29, 0.717) is 18.0 Å². The second-order valence-corrected chi connectivity index (χ2v) is 7.13. The molecule has 0 spiro atoms. The zero-order chi connectivity index (χ0) is 15.4. The molecule has 4 heteroatoms. The SMILES string of the molecule is CC(=O)N1CCN2c3c(cccc31)[C@H]1CN(C(C)C)CC[C@H]12. The maximum Gasteiger partial charge on any atom is 0.223 e. The molecule has 3 aliphatic rings. The lowest BCUT2D eigenvalue weighted by molar-refractivity contribution is -0.116. The van der Waals surface area contributed by atoms with Crippen LogP contribution in [0.2, 0.25) is 0 Å². The van der Waals surface area contributed by atoms with Crippen molar-refractivity contribution in [2.45, 2.75) is 45.2 Å². The standard InChI is InChI=1S/C18H25N3O/c1-12(2)19-8-7-16-15(11-19)14-5-4-6-17-18(14)21(16)10-9-20(17)13(3)22/h4-6,12,15-16H,7-11H2,1-3H3/t15-,16-/m1/s1. The van der Waals surface area contributed by atoms with Crippen molar-refractivity contribution in [3.8, 4) is 0 Å². The third kappa shape index (κ3) is 1.89. The van der Waals surface area contributed by atoms with Gasteiger partial charge in [0, 0.05) is 51.1 Å². The summed E-state index contributed by atoms with van der Waals surface area (Å²) in [4.78, 5) is 19.1. The highest BCUT2D eigenvalue weighted by molar-refractivity contribution is 5.98. The highest BCUT2D eigenvalue weighted by Gasteiger charge is 2.45. The van der Waals surface area contributed by atoms with Crippen molar-refractivity contribution in [1.29, 1.82) is 0 Å². The first-order valence-electron chi connectivity index (χ1n) is 8.49. The van der Waals surface area contributed by atoms with Crippen LogP contribution >= 0.6 is 0 Å². The number of amides is 1. The first-order chi connectivity index (χ1) is 10.6. The molecule has 0 aliphatic carbocycles. The fourth-order valence-electron chi connectivity index (χ4n) is 4.59. The largest absolute Gasteiger partial charge is 0.364 e. The molecule has 0 N–H and O–H groups in total. The van der Waals surface area contributed by atoms with E-state index in [1.165, 1.54) is 24.2 Å². The summed E-state index contributed by atoms with van der Waals surface area (Å²) in [5.74, 6) is 0.754. The summed E-state index contributed by atoms with van der Waals surface area (Å²) in [7, 11) is 0. The van der Waals surface area contributed by atoms with Gasteiger partial charge in [-0.3, -0.25) is 4.79 Å². The summed E-state index contributed by atoms with van der Waals surface area (Å²) < 4.78 is 0. The first kappa shape index (κ1) is 14.1. The summed E-state index contributed by atoms with van der Waals surface area (Å²) in [6.07, 6.45) is 1.23. The van der Waals surface area contributed by atoms with Gasteiger partial charge in [-0.05, 0) is 31.9 Å². The molecular formula is C18H25N3O. The molecule has 0 bridgehead atoms. The predicted molar refractivity (Wildman–Crippen MR) is 89.7 cm³/mol. The number of benzene rings is 1. The third-order valence-electron chi connectivity index (χ3n) is 5.71. The average Bonchev–Trinajstić information content (AvgIpc) is 2.83. The van der Waals surface area contributed by atoms with Gasteiger partial charge in [0.05, 0.1) is 11.4 Å². The molecule has 3 heterocycles. The molecule has 0 radical (unpaired) electrons. The molecule has 0 saturated carbocycles. The Morgan fingerprint density at radius 2 is 2.05 bits per heavy atom. The smallest absolute Gasteiger partial charge is 0.223 e. The van der Waals surface area contributed by atoms with Crippen molar-refractivity contribution in [2.75, 3.05) is 36.0 Å². The number of nitrogens with zero attached hydrogens (tertiary/aromatic N) is 3. The van der Waals surface area contributed by atoms with Crippen LogP contribution in [0.25, 0.3) is 0 Å². The molecule has 4 nitrogen and oxygen atoms in total. The Morgan fingerprint density at radius 1 is 1.23 bits per heavy atom. The van der Waals surface area contributed by atoms with Crippen molar-refractivity contribution < 1.29 is 4.79 Å². The lowest BCUT2D eigenvalue weighted by Gasteiger charge is -2.42. The normalized spacial score (nSPS) is 27.1. The Labute approximate surface area is 132 Å². The highest BCUT2D eigenvalue weighted by atomic mass is 16.2. The first-order valence-corrected chi connectivity index (χ1v) is 8.49. The number of para-hydroxylation sites is 1. The molecule has 0 unspecified atom stereocenters.